The average molecular weight is 450 g/mol. The number of rotatable bonds is 3. The van der Waals surface area contributed by atoms with E-state index < -0.39 is 0 Å². The molecule has 3 aromatic carbocycles. The molecular weight excluding hydrogens is 434 g/mol. The van der Waals surface area contributed by atoms with Gasteiger partial charge in [0.1, 0.15) is 0 Å². The zero-order valence-electron chi connectivity index (χ0n) is 13.6. The fraction of sp³-hybridized carbons (Fsp3) is 0. The highest BCUT2D eigenvalue weighted by Crippen LogP contribution is 2.40. The second-order valence-corrected chi connectivity index (χ2v) is 8.30. The first-order chi connectivity index (χ1) is 12.3. The zero-order valence-corrected chi connectivity index (χ0v) is 16.6. The molecular formula is C23H16IP. The standard InChI is InChI=1S/C23H16IP/c24-21-13-11-17(12-14-21)20-15-22(18-7-3-1-4-8-18)25-23(16-20)19-9-5-2-6-10-19/h1-16H. The van der Waals surface area contributed by atoms with Crippen LogP contribution < -0.4 is 0 Å². The molecule has 1 aromatic heterocycles. The molecule has 0 aliphatic carbocycles. The van der Waals surface area contributed by atoms with Crippen molar-refractivity contribution in [1.82, 2.24) is 0 Å². The average Bonchev–Trinajstić information content (AvgIpc) is 2.69. The van der Waals surface area contributed by atoms with Crippen LogP contribution in [0.15, 0.2) is 97.1 Å². The van der Waals surface area contributed by atoms with Crippen molar-refractivity contribution in [2.24, 2.45) is 0 Å². The van der Waals surface area contributed by atoms with Gasteiger partial charge in [-0.3, -0.25) is 0 Å². The topological polar surface area (TPSA) is 0 Å². The lowest BCUT2D eigenvalue weighted by Crippen LogP contribution is -1.82. The monoisotopic (exact) mass is 450 g/mol. The molecule has 1 heterocycles. The number of hydrogen-bond donors (Lipinski definition) is 0. The molecule has 0 aliphatic heterocycles. The van der Waals surface area contributed by atoms with Crippen molar-refractivity contribution >= 4 is 30.8 Å². The molecule has 120 valence electrons. The minimum Gasteiger partial charge on any atom is -0.0622 e. The van der Waals surface area contributed by atoms with Crippen molar-refractivity contribution in [3.63, 3.8) is 0 Å². The molecule has 0 fully saturated rings. The summed E-state index contributed by atoms with van der Waals surface area (Å²) in [5.41, 5.74) is 5.10. The predicted molar refractivity (Wildman–Crippen MR) is 118 cm³/mol. The molecule has 0 nitrogen and oxygen atoms in total. The third-order valence-electron chi connectivity index (χ3n) is 4.14. The van der Waals surface area contributed by atoms with Gasteiger partial charge in [-0.1, -0.05) is 81.0 Å². The molecule has 4 aromatic rings. The molecule has 0 bridgehead atoms. The molecule has 25 heavy (non-hydrogen) atoms. The summed E-state index contributed by atoms with van der Waals surface area (Å²) in [5.74, 6) is 0. The number of hydrogen-bond acceptors (Lipinski definition) is 0. The molecule has 0 N–H and O–H groups in total. The van der Waals surface area contributed by atoms with Gasteiger partial charge < -0.3 is 0 Å². The normalized spacial score (nSPS) is 10.6. The first-order valence-electron chi connectivity index (χ1n) is 8.18. The third-order valence-corrected chi connectivity index (χ3v) is 6.12. The lowest BCUT2D eigenvalue weighted by Gasteiger charge is -2.10. The smallest absolute Gasteiger partial charge is 0.0130 e. The summed E-state index contributed by atoms with van der Waals surface area (Å²) in [4.78, 5) is 0. The summed E-state index contributed by atoms with van der Waals surface area (Å²) in [7, 11) is 1.25. The van der Waals surface area contributed by atoms with Crippen LogP contribution in [0.3, 0.4) is 0 Å². The van der Waals surface area contributed by atoms with Gasteiger partial charge in [-0.15, -0.1) is 0 Å². The Kier molecular flexibility index (Phi) is 4.96. The van der Waals surface area contributed by atoms with Gasteiger partial charge in [0.2, 0.25) is 0 Å². The highest BCUT2D eigenvalue weighted by Gasteiger charge is 2.07. The first kappa shape index (κ1) is 16.5. The van der Waals surface area contributed by atoms with Gasteiger partial charge >= 0.3 is 0 Å². The Morgan fingerprint density at radius 2 is 0.960 bits per heavy atom. The van der Waals surface area contributed by atoms with Crippen molar-refractivity contribution in [2.45, 2.75) is 0 Å². The molecule has 0 saturated heterocycles. The van der Waals surface area contributed by atoms with E-state index in [1.807, 2.05) is 0 Å². The number of halogens is 1. The Hall–Kier alpha value is -1.96. The van der Waals surface area contributed by atoms with Gasteiger partial charge in [-0.25, -0.2) is 0 Å². The molecule has 0 unspecified atom stereocenters. The van der Waals surface area contributed by atoms with E-state index in [1.54, 1.807) is 0 Å². The highest BCUT2D eigenvalue weighted by molar-refractivity contribution is 14.1. The van der Waals surface area contributed by atoms with Crippen LogP contribution in [0.1, 0.15) is 0 Å². The second-order valence-electron chi connectivity index (χ2n) is 5.87. The Morgan fingerprint density at radius 3 is 1.44 bits per heavy atom. The second kappa shape index (κ2) is 7.51. The Labute approximate surface area is 163 Å². The first-order valence-corrected chi connectivity index (χ1v) is 10.2. The molecule has 4 rings (SSSR count). The van der Waals surface area contributed by atoms with E-state index in [2.05, 4.69) is 120 Å². The Morgan fingerprint density at radius 1 is 0.480 bits per heavy atom. The van der Waals surface area contributed by atoms with E-state index in [1.165, 1.54) is 44.6 Å². The van der Waals surface area contributed by atoms with E-state index in [0.29, 0.717) is 0 Å². The third kappa shape index (κ3) is 3.84. The minimum atomic E-state index is 1.25. The molecule has 0 saturated carbocycles. The largest absolute Gasteiger partial charge is 0.0622 e. The molecule has 0 radical (unpaired) electrons. The van der Waals surface area contributed by atoms with Crippen LogP contribution in [-0.2, 0) is 0 Å². The van der Waals surface area contributed by atoms with Crippen LogP contribution in [0.2, 0.25) is 0 Å². The van der Waals surface area contributed by atoms with Crippen molar-refractivity contribution in [2.75, 3.05) is 0 Å². The maximum Gasteiger partial charge on any atom is 0.0130 e. The predicted octanol–water partition coefficient (Wildman–Crippen LogP) is 7.87. The SMILES string of the molecule is Ic1ccc(-c2cc(-c3ccccc3)pc(-c3ccccc3)c2)cc1. The summed E-state index contributed by atoms with van der Waals surface area (Å²) in [6.45, 7) is 0. The van der Waals surface area contributed by atoms with Crippen LogP contribution in [0.25, 0.3) is 32.8 Å². The Balaban J connectivity index is 1.90. The van der Waals surface area contributed by atoms with E-state index in [0.717, 1.165) is 0 Å². The Bertz CT molecular complexity index is 920. The van der Waals surface area contributed by atoms with Crippen molar-refractivity contribution in [3.8, 4) is 32.8 Å². The summed E-state index contributed by atoms with van der Waals surface area (Å²) < 4.78 is 1.26. The molecule has 0 spiro atoms. The molecule has 0 aliphatic rings. The van der Waals surface area contributed by atoms with Crippen LogP contribution in [0.5, 0.6) is 0 Å². The van der Waals surface area contributed by atoms with Crippen LogP contribution in [-0.4, -0.2) is 0 Å². The fourth-order valence-electron chi connectivity index (χ4n) is 2.85. The van der Waals surface area contributed by atoms with E-state index in [9.17, 15) is 0 Å². The fourth-order valence-corrected chi connectivity index (χ4v) is 4.44. The van der Waals surface area contributed by atoms with Gasteiger partial charge in [-0.2, -0.15) is 0 Å². The van der Waals surface area contributed by atoms with E-state index in [-0.39, 0.29) is 0 Å². The summed E-state index contributed by atoms with van der Waals surface area (Å²) in [6, 6.07) is 34.7. The summed E-state index contributed by atoms with van der Waals surface area (Å²) in [5, 5.41) is 2.69. The minimum absolute atomic E-state index is 1.25. The van der Waals surface area contributed by atoms with Gasteiger partial charge in [0.05, 0.1) is 0 Å². The zero-order chi connectivity index (χ0) is 17.1. The molecule has 0 atom stereocenters. The summed E-state index contributed by atoms with van der Waals surface area (Å²) >= 11 is 2.35. The van der Waals surface area contributed by atoms with Gasteiger partial charge in [0.15, 0.2) is 0 Å². The lowest BCUT2D eigenvalue weighted by molar-refractivity contribution is 1.60. The lowest BCUT2D eigenvalue weighted by atomic mass is 10.0. The maximum absolute atomic E-state index is 2.35. The summed E-state index contributed by atoms with van der Waals surface area (Å²) in [6.07, 6.45) is 0. The molecule has 2 heteroatoms. The van der Waals surface area contributed by atoms with Crippen LogP contribution in [0.4, 0.5) is 0 Å². The highest BCUT2D eigenvalue weighted by atomic mass is 127. The quantitative estimate of drug-likeness (QED) is 0.279. The number of benzene rings is 3. The van der Waals surface area contributed by atoms with Crippen LogP contribution in [0, 0.1) is 3.57 Å². The van der Waals surface area contributed by atoms with Crippen molar-refractivity contribution in [3.05, 3.63) is 101 Å². The van der Waals surface area contributed by atoms with Crippen molar-refractivity contribution < 1.29 is 0 Å². The molecule has 0 amide bonds. The van der Waals surface area contributed by atoms with Gasteiger partial charge in [0.25, 0.3) is 0 Å². The van der Waals surface area contributed by atoms with E-state index >= 15 is 0 Å². The van der Waals surface area contributed by atoms with Crippen LogP contribution >= 0.6 is 30.8 Å². The van der Waals surface area contributed by atoms with Crippen molar-refractivity contribution in [1.29, 1.82) is 0 Å². The van der Waals surface area contributed by atoms with E-state index in [4.69, 9.17) is 0 Å². The maximum atomic E-state index is 2.35. The van der Waals surface area contributed by atoms with Gasteiger partial charge in [-0.05, 0) is 69.1 Å². The van der Waals surface area contributed by atoms with Gasteiger partial charge in [0, 0.05) is 14.2 Å².